The van der Waals surface area contributed by atoms with Crippen molar-refractivity contribution in [2.75, 3.05) is 0 Å². The van der Waals surface area contributed by atoms with Crippen molar-refractivity contribution in [1.82, 2.24) is 0 Å². The summed E-state index contributed by atoms with van der Waals surface area (Å²) in [7, 11) is 0. The molecule has 0 amide bonds. The highest BCUT2D eigenvalue weighted by Crippen LogP contribution is 2.51. The molecule has 2 N–H and O–H groups in total. The van der Waals surface area contributed by atoms with E-state index in [1.54, 1.807) is 5.57 Å². The van der Waals surface area contributed by atoms with Crippen molar-refractivity contribution >= 4 is 0 Å². The molecule has 0 aromatic carbocycles. The van der Waals surface area contributed by atoms with Crippen LogP contribution < -0.4 is 5.73 Å². The van der Waals surface area contributed by atoms with Crippen molar-refractivity contribution in [3.8, 4) is 0 Å². The Morgan fingerprint density at radius 2 is 2.15 bits per heavy atom. The SMILES string of the molecule is CC1CC(C)(C)C2=CC=CC(N)C21. The van der Waals surface area contributed by atoms with Gasteiger partial charge in [-0.1, -0.05) is 44.6 Å². The van der Waals surface area contributed by atoms with Crippen LogP contribution in [0, 0.1) is 17.3 Å². The standard InChI is InChI=1S/C12H19N/c1-8-7-12(2,3)9-5-4-6-10(13)11(8)9/h4-6,8,10-11H,7,13H2,1-3H3. The van der Waals surface area contributed by atoms with Gasteiger partial charge in [-0.15, -0.1) is 0 Å². The Bertz CT molecular complexity index is 273. The maximum Gasteiger partial charge on any atom is 0.0296 e. The Balaban J connectivity index is 2.39. The van der Waals surface area contributed by atoms with Crippen molar-refractivity contribution in [3.05, 3.63) is 23.8 Å². The molecule has 1 saturated carbocycles. The Kier molecular flexibility index (Phi) is 1.88. The normalized spacial score (nSPS) is 41.5. The molecule has 1 heteroatoms. The number of hydrogen-bond acceptors (Lipinski definition) is 1. The molecule has 0 aromatic rings. The number of nitrogens with two attached hydrogens (primary N) is 1. The predicted octanol–water partition coefficient (Wildman–Crippen LogP) is 2.49. The van der Waals surface area contributed by atoms with Gasteiger partial charge in [0.15, 0.2) is 0 Å². The van der Waals surface area contributed by atoms with Gasteiger partial charge >= 0.3 is 0 Å². The fraction of sp³-hybridized carbons (Fsp3) is 0.667. The van der Waals surface area contributed by atoms with Gasteiger partial charge in [0.05, 0.1) is 0 Å². The first-order valence-corrected chi connectivity index (χ1v) is 5.17. The molecule has 2 aliphatic rings. The van der Waals surface area contributed by atoms with Crippen LogP contribution in [0.25, 0.3) is 0 Å². The van der Waals surface area contributed by atoms with Crippen molar-refractivity contribution in [2.45, 2.75) is 33.2 Å². The summed E-state index contributed by atoms with van der Waals surface area (Å²) in [5.74, 6) is 1.33. The van der Waals surface area contributed by atoms with Gasteiger partial charge in [-0.25, -0.2) is 0 Å². The summed E-state index contributed by atoms with van der Waals surface area (Å²) in [6.07, 6.45) is 7.80. The van der Waals surface area contributed by atoms with Gasteiger partial charge in [0.2, 0.25) is 0 Å². The first kappa shape index (κ1) is 9.01. The molecule has 3 unspecified atom stereocenters. The van der Waals surface area contributed by atoms with E-state index in [9.17, 15) is 0 Å². The fourth-order valence-corrected chi connectivity index (χ4v) is 3.14. The predicted molar refractivity (Wildman–Crippen MR) is 56.3 cm³/mol. The zero-order chi connectivity index (χ0) is 9.64. The van der Waals surface area contributed by atoms with Gasteiger partial charge in [-0.05, 0) is 17.8 Å². The van der Waals surface area contributed by atoms with Gasteiger partial charge in [0.1, 0.15) is 0 Å². The molecule has 1 nitrogen and oxygen atoms in total. The minimum Gasteiger partial charge on any atom is -0.324 e. The van der Waals surface area contributed by atoms with Crippen molar-refractivity contribution < 1.29 is 0 Å². The number of fused-ring (bicyclic) bond motifs is 1. The van der Waals surface area contributed by atoms with Crippen LogP contribution in [0.4, 0.5) is 0 Å². The first-order chi connectivity index (χ1) is 6.02. The largest absolute Gasteiger partial charge is 0.324 e. The second-order valence-electron chi connectivity index (χ2n) is 5.18. The first-order valence-electron chi connectivity index (χ1n) is 5.17. The molecule has 72 valence electrons. The maximum absolute atomic E-state index is 6.10. The fourth-order valence-electron chi connectivity index (χ4n) is 3.14. The minimum absolute atomic E-state index is 0.247. The lowest BCUT2D eigenvalue weighted by Crippen LogP contribution is -2.32. The van der Waals surface area contributed by atoms with Crippen LogP contribution in [0.5, 0.6) is 0 Å². The number of rotatable bonds is 0. The van der Waals surface area contributed by atoms with E-state index in [1.165, 1.54) is 6.42 Å². The minimum atomic E-state index is 0.247. The Morgan fingerprint density at radius 1 is 1.46 bits per heavy atom. The Labute approximate surface area is 80.7 Å². The van der Waals surface area contributed by atoms with Gasteiger partial charge in [0.25, 0.3) is 0 Å². The summed E-state index contributed by atoms with van der Waals surface area (Å²) in [4.78, 5) is 0. The van der Waals surface area contributed by atoms with E-state index in [0.717, 1.165) is 5.92 Å². The molecule has 1 fully saturated rings. The summed E-state index contributed by atoms with van der Waals surface area (Å²) in [6.45, 7) is 6.99. The number of allylic oxidation sites excluding steroid dienone is 2. The van der Waals surface area contributed by atoms with E-state index in [1.807, 2.05) is 0 Å². The molecule has 2 aliphatic carbocycles. The van der Waals surface area contributed by atoms with E-state index < -0.39 is 0 Å². The topological polar surface area (TPSA) is 26.0 Å². The monoisotopic (exact) mass is 177 g/mol. The summed E-state index contributed by atoms with van der Waals surface area (Å²) >= 11 is 0. The van der Waals surface area contributed by atoms with Crippen LogP contribution in [0.1, 0.15) is 27.2 Å². The molecule has 0 radical (unpaired) electrons. The van der Waals surface area contributed by atoms with Gasteiger partial charge < -0.3 is 5.73 Å². The molecule has 0 aliphatic heterocycles. The summed E-state index contributed by atoms with van der Waals surface area (Å²) in [5, 5.41) is 0. The molecule has 0 heterocycles. The van der Waals surface area contributed by atoms with Crippen molar-refractivity contribution in [1.29, 1.82) is 0 Å². The van der Waals surface area contributed by atoms with Gasteiger partial charge in [-0.3, -0.25) is 0 Å². The molecular formula is C12H19N. The van der Waals surface area contributed by atoms with Crippen LogP contribution in [0.15, 0.2) is 23.8 Å². The molecule has 2 rings (SSSR count). The highest BCUT2D eigenvalue weighted by atomic mass is 14.7. The molecular weight excluding hydrogens is 158 g/mol. The van der Waals surface area contributed by atoms with E-state index in [4.69, 9.17) is 5.73 Å². The van der Waals surface area contributed by atoms with Crippen molar-refractivity contribution in [3.63, 3.8) is 0 Å². The van der Waals surface area contributed by atoms with E-state index in [2.05, 4.69) is 39.0 Å². The Hall–Kier alpha value is -0.560. The van der Waals surface area contributed by atoms with Crippen LogP contribution >= 0.6 is 0 Å². The zero-order valence-corrected chi connectivity index (χ0v) is 8.75. The Morgan fingerprint density at radius 3 is 2.77 bits per heavy atom. The third-order valence-corrected chi connectivity index (χ3v) is 3.61. The summed E-state index contributed by atoms with van der Waals surface area (Å²) in [6, 6.07) is 0.247. The average Bonchev–Trinajstić information content (AvgIpc) is 2.24. The lowest BCUT2D eigenvalue weighted by atomic mass is 9.79. The van der Waals surface area contributed by atoms with E-state index in [-0.39, 0.29) is 6.04 Å². The molecule has 0 aromatic heterocycles. The quantitative estimate of drug-likeness (QED) is 0.604. The maximum atomic E-state index is 6.10. The smallest absolute Gasteiger partial charge is 0.0296 e. The van der Waals surface area contributed by atoms with Crippen LogP contribution in [0.3, 0.4) is 0 Å². The summed E-state index contributed by atoms with van der Waals surface area (Å²) in [5.41, 5.74) is 8.04. The lowest BCUT2D eigenvalue weighted by molar-refractivity contribution is 0.392. The highest BCUT2D eigenvalue weighted by Gasteiger charge is 2.43. The zero-order valence-electron chi connectivity index (χ0n) is 8.75. The molecule has 0 spiro atoms. The lowest BCUT2D eigenvalue weighted by Gasteiger charge is -2.28. The van der Waals surface area contributed by atoms with E-state index in [0.29, 0.717) is 11.3 Å². The third-order valence-electron chi connectivity index (χ3n) is 3.61. The molecule has 13 heavy (non-hydrogen) atoms. The third kappa shape index (κ3) is 1.26. The molecule has 3 atom stereocenters. The second kappa shape index (κ2) is 2.71. The second-order valence-corrected chi connectivity index (χ2v) is 5.18. The van der Waals surface area contributed by atoms with Gasteiger partial charge in [-0.2, -0.15) is 0 Å². The number of hydrogen-bond donors (Lipinski definition) is 1. The molecule has 0 saturated heterocycles. The van der Waals surface area contributed by atoms with E-state index >= 15 is 0 Å². The highest BCUT2D eigenvalue weighted by molar-refractivity contribution is 5.33. The van der Waals surface area contributed by atoms with Gasteiger partial charge in [0, 0.05) is 12.0 Å². The van der Waals surface area contributed by atoms with Crippen LogP contribution in [0.2, 0.25) is 0 Å². The molecule has 0 bridgehead atoms. The average molecular weight is 177 g/mol. The van der Waals surface area contributed by atoms with Crippen molar-refractivity contribution in [2.24, 2.45) is 23.0 Å². The summed E-state index contributed by atoms with van der Waals surface area (Å²) < 4.78 is 0. The van der Waals surface area contributed by atoms with Crippen LogP contribution in [-0.2, 0) is 0 Å². The van der Waals surface area contributed by atoms with Crippen LogP contribution in [-0.4, -0.2) is 6.04 Å².